The van der Waals surface area contributed by atoms with Gasteiger partial charge in [-0.25, -0.2) is 0 Å². The van der Waals surface area contributed by atoms with Gasteiger partial charge in [-0.2, -0.15) is 0 Å². The molecule has 0 spiro atoms. The van der Waals surface area contributed by atoms with Crippen LogP contribution in [0.1, 0.15) is 17.3 Å². The Balaban J connectivity index is 1.57. The maximum Gasteiger partial charge on any atom is 0.325 e. The molecule has 2 N–H and O–H groups in total. The van der Waals surface area contributed by atoms with Crippen molar-refractivity contribution >= 4 is 17.8 Å². The van der Waals surface area contributed by atoms with Crippen molar-refractivity contribution in [3.63, 3.8) is 0 Å². The lowest BCUT2D eigenvalue weighted by molar-refractivity contribution is -0.147. The summed E-state index contributed by atoms with van der Waals surface area (Å²) in [6, 6.07) is 13.6. The quantitative estimate of drug-likeness (QED) is 0.388. The molecule has 31 heavy (non-hydrogen) atoms. The Hall–Kier alpha value is -3.75. The van der Waals surface area contributed by atoms with Crippen molar-refractivity contribution in [2.45, 2.75) is 6.92 Å². The molecule has 0 aliphatic heterocycles. The zero-order chi connectivity index (χ0) is 22.5. The van der Waals surface area contributed by atoms with Crippen LogP contribution in [0.2, 0.25) is 0 Å². The number of ether oxygens (including phenoxy) is 4. The Kier molecular flexibility index (Phi) is 9.67. The van der Waals surface area contributed by atoms with E-state index in [9.17, 15) is 14.4 Å². The van der Waals surface area contributed by atoms with Crippen molar-refractivity contribution in [1.29, 1.82) is 0 Å². The van der Waals surface area contributed by atoms with Gasteiger partial charge in [-0.3, -0.25) is 14.4 Å². The first-order chi connectivity index (χ1) is 15.0. The number of carbonyl (C=O) groups is 3. The second-order valence-corrected chi connectivity index (χ2v) is 6.17. The monoisotopic (exact) mass is 430 g/mol. The van der Waals surface area contributed by atoms with E-state index in [4.69, 9.17) is 18.9 Å². The number of amides is 2. The van der Waals surface area contributed by atoms with Crippen LogP contribution in [-0.4, -0.2) is 57.8 Å². The molecule has 0 radical (unpaired) electrons. The van der Waals surface area contributed by atoms with Gasteiger partial charge in [0.2, 0.25) is 0 Å². The van der Waals surface area contributed by atoms with E-state index in [1.807, 2.05) is 6.92 Å². The van der Waals surface area contributed by atoms with Gasteiger partial charge in [-0.1, -0.05) is 0 Å². The minimum atomic E-state index is -0.720. The Morgan fingerprint density at radius 2 is 1.45 bits per heavy atom. The summed E-state index contributed by atoms with van der Waals surface area (Å²) in [5.41, 5.74) is 0.374. The van der Waals surface area contributed by atoms with Gasteiger partial charge in [0.25, 0.3) is 11.8 Å². The second kappa shape index (κ2) is 12.7. The first-order valence-corrected chi connectivity index (χ1v) is 9.72. The topological polar surface area (TPSA) is 112 Å². The fourth-order valence-corrected chi connectivity index (χ4v) is 2.40. The third kappa shape index (κ3) is 8.65. The summed E-state index contributed by atoms with van der Waals surface area (Å²) in [6.07, 6.45) is 0. The van der Waals surface area contributed by atoms with Crippen molar-refractivity contribution < 1.29 is 33.3 Å². The van der Waals surface area contributed by atoms with Gasteiger partial charge < -0.3 is 29.6 Å². The van der Waals surface area contributed by atoms with E-state index in [0.717, 1.165) is 5.75 Å². The third-order valence-electron chi connectivity index (χ3n) is 3.94. The molecule has 9 nitrogen and oxygen atoms in total. The summed E-state index contributed by atoms with van der Waals surface area (Å²) >= 11 is 0. The number of methoxy groups -OCH3 is 1. The predicted molar refractivity (Wildman–Crippen MR) is 112 cm³/mol. The molecule has 0 saturated carbocycles. The van der Waals surface area contributed by atoms with Gasteiger partial charge in [-0.05, 0) is 55.5 Å². The van der Waals surface area contributed by atoms with Crippen LogP contribution in [0.25, 0.3) is 0 Å². The van der Waals surface area contributed by atoms with E-state index in [1.165, 1.54) is 7.11 Å². The highest BCUT2D eigenvalue weighted by Gasteiger charge is 2.11. The molecule has 0 atom stereocenters. The van der Waals surface area contributed by atoms with Gasteiger partial charge in [0, 0.05) is 5.56 Å². The normalized spacial score (nSPS) is 10.0. The highest BCUT2D eigenvalue weighted by Crippen LogP contribution is 2.17. The van der Waals surface area contributed by atoms with Crippen LogP contribution in [0.4, 0.5) is 0 Å². The van der Waals surface area contributed by atoms with Crippen LogP contribution < -0.4 is 24.8 Å². The molecule has 0 aliphatic rings. The van der Waals surface area contributed by atoms with Crippen LogP contribution in [0.3, 0.4) is 0 Å². The average Bonchev–Trinajstić information content (AvgIpc) is 2.80. The molecule has 0 unspecified atom stereocenters. The number of rotatable bonds is 12. The van der Waals surface area contributed by atoms with E-state index < -0.39 is 24.4 Å². The van der Waals surface area contributed by atoms with E-state index in [1.54, 1.807) is 48.5 Å². The van der Waals surface area contributed by atoms with Gasteiger partial charge >= 0.3 is 5.97 Å². The van der Waals surface area contributed by atoms with Crippen LogP contribution in [0, 0.1) is 0 Å². The molecule has 0 bridgehead atoms. The van der Waals surface area contributed by atoms with Crippen LogP contribution in [0.15, 0.2) is 48.5 Å². The Morgan fingerprint density at radius 3 is 2.06 bits per heavy atom. The van der Waals surface area contributed by atoms with Crippen molar-refractivity contribution in [1.82, 2.24) is 10.6 Å². The number of esters is 1. The van der Waals surface area contributed by atoms with Crippen LogP contribution in [-0.2, 0) is 14.3 Å². The first-order valence-electron chi connectivity index (χ1n) is 9.72. The minimum Gasteiger partial charge on any atom is -0.497 e. The Labute approximate surface area is 180 Å². The molecule has 2 rings (SSSR count). The summed E-state index contributed by atoms with van der Waals surface area (Å²) in [5.74, 6) is 0.400. The van der Waals surface area contributed by atoms with Gasteiger partial charge in [0.15, 0.2) is 6.61 Å². The van der Waals surface area contributed by atoms with E-state index >= 15 is 0 Å². The standard InChI is InChI=1S/C22H26N2O7/c1-3-29-18-8-10-19(11-9-18)30-13-12-23-20(25)15-31-21(26)14-24-22(27)16-4-6-17(28-2)7-5-16/h4-11H,3,12-15H2,1-2H3,(H,23,25)(H,24,27). The second-order valence-electron chi connectivity index (χ2n) is 6.17. The van der Waals surface area contributed by atoms with E-state index in [-0.39, 0.29) is 19.7 Å². The zero-order valence-corrected chi connectivity index (χ0v) is 17.5. The lowest BCUT2D eigenvalue weighted by Crippen LogP contribution is -2.35. The van der Waals surface area contributed by atoms with Crippen molar-refractivity contribution in [2.24, 2.45) is 0 Å². The minimum absolute atomic E-state index is 0.248. The van der Waals surface area contributed by atoms with Gasteiger partial charge in [0.05, 0.1) is 20.3 Å². The molecule has 0 aromatic heterocycles. The molecule has 0 saturated heterocycles. The molecule has 2 aromatic carbocycles. The highest BCUT2D eigenvalue weighted by atomic mass is 16.5. The highest BCUT2D eigenvalue weighted by molar-refractivity contribution is 5.96. The lowest BCUT2D eigenvalue weighted by atomic mass is 10.2. The summed E-state index contributed by atoms with van der Waals surface area (Å²) in [6.45, 7) is 2.21. The van der Waals surface area contributed by atoms with Crippen molar-refractivity contribution in [3.8, 4) is 17.2 Å². The first kappa shape index (κ1) is 23.5. The van der Waals surface area contributed by atoms with Crippen LogP contribution in [0.5, 0.6) is 17.2 Å². The molecule has 0 fully saturated rings. The summed E-state index contributed by atoms with van der Waals surface area (Å²) < 4.78 is 20.7. The number of benzene rings is 2. The van der Waals surface area contributed by atoms with E-state index in [2.05, 4.69) is 10.6 Å². The van der Waals surface area contributed by atoms with Gasteiger partial charge in [0.1, 0.15) is 30.4 Å². The average molecular weight is 430 g/mol. The van der Waals surface area contributed by atoms with Gasteiger partial charge in [-0.15, -0.1) is 0 Å². The zero-order valence-electron chi connectivity index (χ0n) is 17.5. The maximum absolute atomic E-state index is 12.0. The number of hydrogen-bond acceptors (Lipinski definition) is 7. The Bertz CT molecular complexity index is 851. The van der Waals surface area contributed by atoms with Crippen LogP contribution >= 0.6 is 0 Å². The number of carbonyl (C=O) groups excluding carboxylic acids is 3. The molecule has 0 aliphatic carbocycles. The maximum atomic E-state index is 12.0. The van der Waals surface area contributed by atoms with Crippen molar-refractivity contribution in [3.05, 3.63) is 54.1 Å². The molecule has 0 heterocycles. The number of nitrogens with one attached hydrogen (secondary N) is 2. The molecule has 2 amide bonds. The number of hydrogen-bond donors (Lipinski definition) is 2. The molecule has 2 aromatic rings. The third-order valence-corrected chi connectivity index (χ3v) is 3.94. The summed E-state index contributed by atoms with van der Waals surface area (Å²) in [4.78, 5) is 35.4. The Morgan fingerprint density at radius 1 is 0.839 bits per heavy atom. The molecule has 166 valence electrons. The summed E-state index contributed by atoms with van der Waals surface area (Å²) in [5, 5.41) is 5.00. The molecular formula is C22H26N2O7. The SMILES string of the molecule is CCOc1ccc(OCCNC(=O)COC(=O)CNC(=O)c2ccc(OC)cc2)cc1. The summed E-state index contributed by atoms with van der Waals surface area (Å²) in [7, 11) is 1.52. The fourth-order valence-electron chi connectivity index (χ4n) is 2.40. The lowest BCUT2D eigenvalue weighted by Gasteiger charge is -2.09. The predicted octanol–water partition coefficient (Wildman–Crippen LogP) is 1.56. The smallest absolute Gasteiger partial charge is 0.325 e. The fraction of sp³-hybridized carbons (Fsp3) is 0.318. The molecular weight excluding hydrogens is 404 g/mol. The largest absolute Gasteiger partial charge is 0.497 e. The van der Waals surface area contributed by atoms with E-state index in [0.29, 0.717) is 23.7 Å². The van der Waals surface area contributed by atoms with Crippen molar-refractivity contribution in [2.75, 3.05) is 40.0 Å². The molecule has 9 heteroatoms.